The van der Waals surface area contributed by atoms with E-state index in [-0.39, 0.29) is 6.61 Å². The summed E-state index contributed by atoms with van der Waals surface area (Å²) in [6.07, 6.45) is -2.04. The Bertz CT molecular complexity index is 438. The minimum absolute atomic E-state index is 0.172. The van der Waals surface area contributed by atoms with E-state index in [9.17, 15) is 18.0 Å². The van der Waals surface area contributed by atoms with E-state index in [0.29, 0.717) is 11.1 Å². The van der Waals surface area contributed by atoms with Crippen molar-refractivity contribution in [1.82, 2.24) is 0 Å². The van der Waals surface area contributed by atoms with Crippen molar-refractivity contribution in [2.45, 2.75) is 12.8 Å². The molecule has 0 aliphatic heterocycles. The molecule has 0 amide bonds. The zero-order valence-electron chi connectivity index (χ0n) is 9.28. The fourth-order valence-corrected chi connectivity index (χ4v) is 1.24. The Labute approximate surface area is 101 Å². The molecule has 0 radical (unpaired) electrons. The van der Waals surface area contributed by atoms with Gasteiger partial charge in [0.05, 0.1) is 6.61 Å². The molecule has 3 nitrogen and oxygen atoms in total. The average Bonchev–Trinajstić information content (AvgIpc) is 2.25. The Balaban J connectivity index is 2.57. The summed E-state index contributed by atoms with van der Waals surface area (Å²) >= 11 is 0. The van der Waals surface area contributed by atoms with Crippen molar-refractivity contribution >= 4 is 12.0 Å². The Morgan fingerprint density at radius 1 is 1.39 bits per heavy atom. The van der Waals surface area contributed by atoms with E-state index in [0.717, 1.165) is 6.08 Å². The lowest BCUT2D eigenvalue weighted by Gasteiger charge is -2.07. The predicted molar refractivity (Wildman–Crippen MR) is 58.8 cm³/mol. The van der Waals surface area contributed by atoms with E-state index < -0.39 is 18.8 Å². The van der Waals surface area contributed by atoms with Crippen LogP contribution in [0.5, 0.6) is 0 Å². The van der Waals surface area contributed by atoms with Gasteiger partial charge in [0, 0.05) is 6.08 Å². The van der Waals surface area contributed by atoms with Gasteiger partial charge in [0.1, 0.15) is 6.61 Å². The second-order valence-electron chi connectivity index (χ2n) is 3.52. The van der Waals surface area contributed by atoms with Crippen LogP contribution in [-0.2, 0) is 16.1 Å². The minimum Gasteiger partial charge on any atom is -0.478 e. The van der Waals surface area contributed by atoms with E-state index in [2.05, 4.69) is 4.74 Å². The second-order valence-corrected chi connectivity index (χ2v) is 3.52. The van der Waals surface area contributed by atoms with Gasteiger partial charge in [-0.3, -0.25) is 0 Å². The van der Waals surface area contributed by atoms with Gasteiger partial charge in [-0.1, -0.05) is 18.2 Å². The van der Waals surface area contributed by atoms with Crippen LogP contribution in [0.1, 0.15) is 11.1 Å². The van der Waals surface area contributed by atoms with Crippen LogP contribution in [0.15, 0.2) is 30.3 Å². The van der Waals surface area contributed by atoms with Crippen molar-refractivity contribution in [3.05, 3.63) is 41.5 Å². The smallest absolute Gasteiger partial charge is 0.411 e. The highest BCUT2D eigenvalue weighted by Crippen LogP contribution is 2.16. The van der Waals surface area contributed by atoms with E-state index >= 15 is 0 Å². The Kier molecular flexibility index (Phi) is 4.91. The molecule has 1 N–H and O–H groups in total. The molecule has 1 rings (SSSR count). The highest BCUT2D eigenvalue weighted by Gasteiger charge is 2.27. The molecule has 0 fully saturated rings. The number of carbonyl (C=O) groups is 1. The number of carboxylic acid groups (broad SMARTS) is 1. The molecular formula is C12H11F3O3. The van der Waals surface area contributed by atoms with Crippen molar-refractivity contribution in [1.29, 1.82) is 0 Å². The lowest BCUT2D eigenvalue weighted by Crippen LogP contribution is -2.16. The van der Waals surface area contributed by atoms with E-state index in [1.165, 1.54) is 6.08 Å². The van der Waals surface area contributed by atoms with Gasteiger partial charge in [0.25, 0.3) is 0 Å². The third-order valence-corrected chi connectivity index (χ3v) is 1.90. The summed E-state index contributed by atoms with van der Waals surface area (Å²) in [5.41, 5.74) is 1.14. The summed E-state index contributed by atoms with van der Waals surface area (Å²) in [6, 6.07) is 6.44. The van der Waals surface area contributed by atoms with Crippen molar-refractivity contribution < 1.29 is 27.8 Å². The van der Waals surface area contributed by atoms with Crippen LogP contribution in [0.4, 0.5) is 13.2 Å². The number of rotatable bonds is 5. The number of hydrogen-bond donors (Lipinski definition) is 1. The molecule has 0 aliphatic rings. The van der Waals surface area contributed by atoms with E-state index in [1.807, 2.05) is 0 Å². The highest BCUT2D eigenvalue weighted by atomic mass is 19.4. The number of ether oxygens (including phenoxy) is 1. The minimum atomic E-state index is -4.35. The SMILES string of the molecule is O=C(O)/C=C/c1cccc(COCC(F)(F)F)c1. The summed E-state index contributed by atoms with van der Waals surface area (Å²) in [7, 11) is 0. The molecule has 1 aromatic carbocycles. The molecule has 0 saturated carbocycles. The monoisotopic (exact) mass is 260 g/mol. The fraction of sp³-hybridized carbons (Fsp3) is 0.250. The van der Waals surface area contributed by atoms with Crippen LogP contribution in [0.3, 0.4) is 0 Å². The van der Waals surface area contributed by atoms with Gasteiger partial charge in [0.2, 0.25) is 0 Å². The first-order valence-electron chi connectivity index (χ1n) is 5.01. The first kappa shape index (κ1) is 14.2. The zero-order valence-corrected chi connectivity index (χ0v) is 9.28. The fourth-order valence-electron chi connectivity index (χ4n) is 1.24. The molecule has 0 atom stereocenters. The highest BCUT2D eigenvalue weighted by molar-refractivity contribution is 5.85. The standard InChI is InChI=1S/C12H11F3O3/c13-12(14,15)8-18-7-10-3-1-2-9(6-10)4-5-11(16)17/h1-6H,7-8H2,(H,16,17)/b5-4+. The zero-order chi connectivity index (χ0) is 13.6. The Hall–Kier alpha value is -1.82. The van der Waals surface area contributed by atoms with Crippen LogP contribution < -0.4 is 0 Å². The van der Waals surface area contributed by atoms with Gasteiger partial charge < -0.3 is 9.84 Å². The Morgan fingerprint density at radius 3 is 2.72 bits per heavy atom. The average molecular weight is 260 g/mol. The third kappa shape index (κ3) is 6.05. The van der Waals surface area contributed by atoms with Crippen LogP contribution in [0.2, 0.25) is 0 Å². The van der Waals surface area contributed by atoms with Crippen molar-refractivity contribution in [2.75, 3.05) is 6.61 Å². The molecule has 0 unspecified atom stereocenters. The largest absolute Gasteiger partial charge is 0.478 e. The summed E-state index contributed by atoms with van der Waals surface area (Å²) < 4.78 is 40.0. The number of halogens is 3. The lowest BCUT2D eigenvalue weighted by molar-refractivity contribution is -0.176. The number of alkyl halides is 3. The van der Waals surface area contributed by atoms with Crippen LogP contribution in [0, 0.1) is 0 Å². The molecular weight excluding hydrogens is 249 g/mol. The van der Waals surface area contributed by atoms with Gasteiger partial charge >= 0.3 is 12.1 Å². The van der Waals surface area contributed by atoms with Crippen LogP contribution in [-0.4, -0.2) is 23.9 Å². The van der Waals surface area contributed by atoms with Gasteiger partial charge in [-0.15, -0.1) is 0 Å². The maximum absolute atomic E-state index is 11.8. The molecule has 0 aliphatic carbocycles. The number of aliphatic carboxylic acids is 1. The number of carboxylic acids is 1. The van der Waals surface area contributed by atoms with Crippen LogP contribution in [0.25, 0.3) is 6.08 Å². The molecule has 0 spiro atoms. The maximum atomic E-state index is 11.8. The Morgan fingerprint density at radius 2 is 2.11 bits per heavy atom. The molecule has 0 aromatic heterocycles. The third-order valence-electron chi connectivity index (χ3n) is 1.90. The van der Waals surface area contributed by atoms with Gasteiger partial charge in [0.15, 0.2) is 0 Å². The lowest BCUT2D eigenvalue weighted by atomic mass is 10.1. The summed E-state index contributed by atoms with van der Waals surface area (Å²) in [4.78, 5) is 10.3. The second kappa shape index (κ2) is 6.20. The number of benzene rings is 1. The molecule has 1 aromatic rings. The quantitative estimate of drug-likeness (QED) is 0.828. The van der Waals surface area contributed by atoms with E-state index in [1.54, 1.807) is 24.3 Å². The van der Waals surface area contributed by atoms with Crippen molar-refractivity contribution in [3.63, 3.8) is 0 Å². The van der Waals surface area contributed by atoms with Crippen LogP contribution >= 0.6 is 0 Å². The molecule has 0 bridgehead atoms. The molecule has 98 valence electrons. The summed E-state index contributed by atoms with van der Waals surface area (Å²) in [6.45, 7) is -1.48. The molecule has 0 saturated heterocycles. The first-order chi connectivity index (χ1) is 8.37. The van der Waals surface area contributed by atoms with Gasteiger partial charge in [-0.05, 0) is 23.3 Å². The maximum Gasteiger partial charge on any atom is 0.411 e. The normalized spacial score (nSPS) is 11.9. The summed E-state index contributed by atoms with van der Waals surface area (Å²) in [5, 5.41) is 8.44. The topological polar surface area (TPSA) is 46.5 Å². The first-order valence-corrected chi connectivity index (χ1v) is 5.01. The van der Waals surface area contributed by atoms with Gasteiger partial charge in [-0.25, -0.2) is 4.79 Å². The molecule has 0 heterocycles. The van der Waals surface area contributed by atoms with Gasteiger partial charge in [-0.2, -0.15) is 13.2 Å². The predicted octanol–water partition coefficient (Wildman–Crippen LogP) is 2.86. The summed E-state index contributed by atoms with van der Waals surface area (Å²) in [5.74, 6) is -1.09. The molecule has 6 heteroatoms. The van der Waals surface area contributed by atoms with Crippen molar-refractivity contribution in [3.8, 4) is 0 Å². The van der Waals surface area contributed by atoms with E-state index in [4.69, 9.17) is 5.11 Å². The number of hydrogen-bond acceptors (Lipinski definition) is 2. The van der Waals surface area contributed by atoms with Crippen molar-refractivity contribution in [2.24, 2.45) is 0 Å². The molecule has 18 heavy (non-hydrogen) atoms.